The molecule has 3 rings (SSSR count). The van der Waals surface area contributed by atoms with Crippen LogP contribution in [0.1, 0.15) is 17.5 Å². The monoisotopic (exact) mass is 384 g/mol. The van der Waals surface area contributed by atoms with E-state index in [1.54, 1.807) is 4.90 Å². The van der Waals surface area contributed by atoms with Crippen LogP contribution in [-0.2, 0) is 14.8 Å². The van der Waals surface area contributed by atoms with Crippen LogP contribution < -0.4 is 9.62 Å². The number of aryl methyl sites for hydroxylation is 2. The topological polar surface area (TPSA) is 66.5 Å². The van der Waals surface area contributed by atoms with E-state index in [1.165, 1.54) is 12.1 Å². The lowest BCUT2D eigenvalue weighted by atomic mass is 10.1. The number of halogens is 1. The van der Waals surface area contributed by atoms with E-state index in [0.29, 0.717) is 17.3 Å². The summed E-state index contributed by atoms with van der Waals surface area (Å²) < 4.78 is 27.7. The summed E-state index contributed by atoms with van der Waals surface area (Å²) in [7, 11) is -3.74. The molecule has 8 heteroatoms. The molecule has 2 aromatic rings. The van der Waals surface area contributed by atoms with Crippen molar-refractivity contribution >= 4 is 44.6 Å². The summed E-state index contributed by atoms with van der Waals surface area (Å²) in [5.74, 6) is -0.232. The first-order valence-electron chi connectivity index (χ1n) is 7.44. The highest BCUT2D eigenvalue weighted by atomic mass is 35.5. The van der Waals surface area contributed by atoms with Gasteiger partial charge in [-0.2, -0.15) is 4.72 Å². The number of benzene rings is 1. The Kier molecular flexibility index (Phi) is 4.70. The number of carbonyl (C=O) groups excluding carboxylic acids is 1. The van der Waals surface area contributed by atoms with E-state index in [0.717, 1.165) is 28.2 Å². The van der Waals surface area contributed by atoms with Crippen LogP contribution in [0.5, 0.6) is 0 Å². The van der Waals surface area contributed by atoms with Crippen LogP contribution in [0.2, 0.25) is 4.34 Å². The van der Waals surface area contributed by atoms with E-state index in [2.05, 4.69) is 4.72 Å². The summed E-state index contributed by atoms with van der Waals surface area (Å²) in [6.07, 6.45) is 0.435. The van der Waals surface area contributed by atoms with Gasteiger partial charge in [-0.1, -0.05) is 17.7 Å². The second-order valence-electron chi connectivity index (χ2n) is 5.78. The predicted octanol–water partition coefficient (Wildman–Crippen LogP) is 3.10. The molecule has 0 bridgehead atoms. The first-order valence-corrected chi connectivity index (χ1v) is 10.1. The Morgan fingerprint density at radius 3 is 2.58 bits per heavy atom. The van der Waals surface area contributed by atoms with Crippen LogP contribution >= 0.6 is 22.9 Å². The van der Waals surface area contributed by atoms with Crippen molar-refractivity contribution in [3.63, 3.8) is 0 Å². The van der Waals surface area contributed by atoms with Gasteiger partial charge < -0.3 is 4.90 Å². The van der Waals surface area contributed by atoms with Crippen molar-refractivity contribution in [2.75, 3.05) is 11.4 Å². The van der Waals surface area contributed by atoms with Crippen molar-refractivity contribution in [1.29, 1.82) is 0 Å². The number of hydrogen-bond acceptors (Lipinski definition) is 4. The molecule has 1 unspecified atom stereocenters. The molecule has 24 heavy (non-hydrogen) atoms. The number of amides is 1. The lowest BCUT2D eigenvalue weighted by Crippen LogP contribution is -2.41. The number of nitrogens with one attached hydrogen (secondary N) is 1. The molecule has 0 saturated carbocycles. The molecule has 1 amide bonds. The van der Waals surface area contributed by atoms with Crippen LogP contribution in [0.15, 0.2) is 34.5 Å². The van der Waals surface area contributed by atoms with Gasteiger partial charge in [0.25, 0.3) is 10.0 Å². The number of thiophene rings is 1. The molecule has 1 aliphatic heterocycles. The Hall–Kier alpha value is -1.41. The normalized spacial score (nSPS) is 18.4. The Labute approximate surface area is 150 Å². The molecule has 0 spiro atoms. The van der Waals surface area contributed by atoms with Gasteiger partial charge in [0.15, 0.2) is 0 Å². The fourth-order valence-electron chi connectivity index (χ4n) is 2.63. The van der Waals surface area contributed by atoms with Crippen molar-refractivity contribution in [1.82, 2.24) is 4.72 Å². The lowest BCUT2D eigenvalue weighted by Gasteiger charge is -2.18. The SMILES string of the molecule is Cc1ccc(N2CCC(NS(=O)(=O)c3ccc(Cl)s3)C2=O)cc1C. The molecule has 1 aliphatic rings. The van der Waals surface area contributed by atoms with Crippen molar-refractivity contribution < 1.29 is 13.2 Å². The van der Waals surface area contributed by atoms with Gasteiger partial charge in [0.2, 0.25) is 5.91 Å². The highest BCUT2D eigenvalue weighted by Crippen LogP contribution is 2.28. The Morgan fingerprint density at radius 1 is 1.21 bits per heavy atom. The lowest BCUT2D eigenvalue weighted by molar-refractivity contribution is -0.118. The Balaban J connectivity index is 1.78. The van der Waals surface area contributed by atoms with Gasteiger partial charge in [0.05, 0.1) is 4.34 Å². The molecule has 1 atom stereocenters. The smallest absolute Gasteiger partial charge is 0.250 e. The summed E-state index contributed by atoms with van der Waals surface area (Å²) >= 11 is 6.76. The molecule has 1 fully saturated rings. The van der Waals surface area contributed by atoms with Crippen LogP contribution in [0, 0.1) is 13.8 Å². The minimum absolute atomic E-state index is 0.116. The van der Waals surface area contributed by atoms with Gasteiger partial charge in [0, 0.05) is 12.2 Å². The maximum Gasteiger partial charge on any atom is 0.250 e. The maximum atomic E-state index is 12.6. The number of sulfonamides is 1. The molecular formula is C16H17ClN2O3S2. The second-order valence-corrected chi connectivity index (χ2v) is 9.44. The molecule has 0 radical (unpaired) electrons. The maximum absolute atomic E-state index is 12.6. The van der Waals surface area contributed by atoms with Crippen LogP contribution in [0.25, 0.3) is 0 Å². The quantitative estimate of drug-likeness (QED) is 0.880. The first kappa shape index (κ1) is 17.4. The van der Waals surface area contributed by atoms with Gasteiger partial charge in [0.1, 0.15) is 10.3 Å². The van der Waals surface area contributed by atoms with Crippen molar-refractivity contribution in [2.24, 2.45) is 0 Å². The zero-order valence-electron chi connectivity index (χ0n) is 13.2. The summed E-state index contributed by atoms with van der Waals surface area (Å²) in [5, 5.41) is 0. The molecule has 128 valence electrons. The zero-order valence-corrected chi connectivity index (χ0v) is 15.6. The average Bonchev–Trinajstić information content (AvgIpc) is 3.10. The summed E-state index contributed by atoms with van der Waals surface area (Å²) in [6.45, 7) is 4.48. The van der Waals surface area contributed by atoms with Crippen molar-refractivity contribution in [3.8, 4) is 0 Å². The Morgan fingerprint density at radius 2 is 1.96 bits per heavy atom. The van der Waals surface area contributed by atoms with E-state index < -0.39 is 16.1 Å². The molecule has 1 aromatic heterocycles. The fraction of sp³-hybridized carbons (Fsp3) is 0.312. The standard InChI is InChI=1S/C16H17ClN2O3S2/c1-10-3-4-12(9-11(10)2)19-8-7-13(16(19)20)18-24(21,22)15-6-5-14(17)23-15/h3-6,9,13,18H,7-8H2,1-2H3. The molecule has 1 N–H and O–H groups in total. The molecule has 2 heterocycles. The third kappa shape index (κ3) is 3.35. The number of nitrogens with zero attached hydrogens (tertiary/aromatic N) is 1. The fourth-order valence-corrected chi connectivity index (χ4v) is 5.35. The van der Waals surface area contributed by atoms with Crippen LogP contribution in [-0.4, -0.2) is 26.9 Å². The molecule has 0 aliphatic carbocycles. The predicted molar refractivity (Wildman–Crippen MR) is 96.3 cm³/mol. The minimum atomic E-state index is -3.74. The number of rotatable bonds is 4. The largest absolute Gasteiger partial charge is 0.311 e. The van der Waals surface area contributed by atoms with E-state index in [4.69, 9.17) is 11.6 Å². The van der Waals surface area contributed by atoms with Crippen LogP contribution in [0.4, 0.5) is 5.69 Å². The number of hydrogen-bond donors (Lipinski definition) is 1. The number of anilines is 1. The van der Waals surface area contributed by atoms with Gasteiger partial charge in [-0.3, -0.25) is 4.79 Å². The molecule has 1 saturated heterocycles. The summed E-state index contributed by atoms with van der Waals surface area (Å²) in [5.41, 5.74) is 3.04. The van der Waals surface area contributed by atoms with Gasteiger partial charge in [-0.15, -0.1) is 11.3 Å². The second kappa shape index (κ2) is 6.48. The summed E-state index contributed by atoms with van der Waals surface area (Å²) in [6, 6.07) is 8.01. The third-order valence-corrected chi connectivity index (χ3v) is 7.31. The molecular weight excluding hydrogens is 368 g/mol. The summed E-state index contributed by atoms with van der Waals surface area (Å²) in [4.78, 5) is 14.2. The van der Waals surface area contributed by atoms with Crippen LogP contribution in [0.3, 0.4) is 0 Å². The minimum Gasteiger partial charge on any atom is -0.311 e. The number of carbonyl (C=O) groups is 1. The first-order chi connectivity index (χ1) is 11.3. The van der Waals surface area contributed by atoms with E-state index >= 15 is 0 Å². The van der Waals surface area contributed by atoms with E-state index in [-0.39, 0.29) is 10.1 Å². The molecule has 5 nitrogen and oxygen atoms in total. The Bertz CT molecular complexity index is 892. The average molecular weight is 385 g/mol. The van der Waals surface area contributed by atoms with Gasteiger partial charge in [-0.05, 0) is 55.7 Å². The molecule has 1 aromatic carbocycles. The highest BCUT2D eigenvalue weighted by Gasteiger charge is 2.36. The van der Waals surface area contributed by atoms with Crippen molar-refractivity contribution in [2.45, 2.75) is 30.5 Å². The van der Waals surface area contributed by atoms with Crippen molar-refractivity contribution in [3.05, 3.63) is 45.8 Å². The van der Waals surface area contributed by atoms with Gasteiger partial charge >= 0.3 is 0 Å². The third-order valence-electron chi connectivity index (χ3n) is 4.12. The van der Waals surface area contributed by atoms with Gasteiger partial charge in [-0.25, -0.2) is 8.42 Å². The van der Waals surface area contributed by atoms with E-state index in [9.17, 15) is 13.2 Å². The van der Waals surface area contributed by atoms with E-state index in [1.807, 2.05) is 32.0 Å². The zero-order chi connectivity index (χ0) is 17.5. The highest BCUT2D eigenvalue weighted by molar-refractivity contribution is 7.91.